The van der Waals surface area contributed by atoms with E-state index in [0.29, 0.717) is 18.8 Å². The van der Waals surface area contributed by atoms with Gasteiger partial charge in [0.25, 0.3) is 0 Å². The molecule has 0 unspecified atom stereocenters. The lowest BCUT2D eigenvalue weighted by molar-refractivity contribution is -0.386. The van der Waals surface area contributed by atoms with Crippen molar-refractivity contribution < 1.29 is 18.4 Å². The third-order valence-electron chi connectivity index (χ3n) is 3.17. The summed E-state index contributed by atoms with van der Waals surface area (Å²) in [5.74, 6) is 0.125. The number of nitro benzene ring substituents is 1. The van der Waals surface area contributed by atoms with E-state index in [-0.39, 0.29) is 9.64 Å². The summed E-state index contributed by atoms with van der Waals surface area (Å²) in [6.45, 7) is 4.62. The first-order valence-corrected chi connectivity index (χ1v) is 8.67. The zero-order valence-corrected chi connectivity index (χ0v) is 13.3. The Balaban J connectivity index is 2.40. The Bertz CT molecular complexity index is 672. The fraction of sp³-hybridized carbons (Fsp3) is 0.500. The van der Waals surface area contributed by atoms with Crippen molar-refractivity contribution in [1.82, 2.24) is 4.31 Å². The predicted molar refractivity (Wildman–Crippen MR) is 80.1 cm³/mol. The molecular weight excluding hydrogens is 316 g/mol. The van der Waals surface area contributed by atoms with Crippen LogP contribution in [0.25, 0.3) is 0 Å². The molecule has 116 valence electrons. The molecule has 1 N–H and O–H groups in total. The van der Waals surface area contributed by atoms with Crippen molar-refractivity contribution in [2.45, 2.75) is 23.5 Å². The summed E-state index contributed by atoms with van der Waals surface area (Å²) >= 11 is 1.69. The van der Waals surface area contributed by atoms with Gasteiger partial charge in [0.1, 0.15) is 0 Å². The van der Waals surface area contributed by atoms with Gasteiger partial charge in [-0.25, -0.2) is 8.42 Å². The maximum atomic E-state index is 12.6. The number of rotatable bonds is 3. The third kappa shape index (κ3) is 3.30. The van der Waals surface area contributed by atoms with E-state index in [2.05, 4.69) is 0 Å². The van der Waals surface area contributed by atoms with E-state index in [1.165, 1.54) is 10.4 Å². The number of aromatic hydroxyl groups is 1. The highest BCUT2D eigenvalue weighted by molar-refractivity contribution is 8.00. The molecule has 1 aliphatic rings. The van der Waals surface area contributed by atoms with Crippen molar-refractivity contribution in [2.24, 2.45) is 0 Å². The number of hydrogen-bond donors (Lipinski definition) is 1. The van der Waals surface area contributed by atoms with Gasteiger partial charge in [-0.15, -0.1) is 0 Å². The number of thioether (sulfide) groups is 1. The standard InChI is InChI=1S/C12H16N2O5S2/c1-12(2)8-13(5-6-20-12)21(18,19)9-3-4-11(15)10(7-9)14(16)17/h3-4,7,15H,5-6,8H2,1-2H3. The van der Waals surface area contributed by atoms with Gasteiger partial charge in [-0.2, -0.15) is 16.1 Å². The van der Waals surface area contributed by atoms with Gasteiger partial charge in [0.15, 0.2) is 5.75 Å². The van der Waals surface area contributed by atoms with E-state index in [0.717, 1.165) is 12.1 Å². The Morgan fingerprint density at radius 1 is 1.43 bits per heavy atom. The van der Waals surface area contributed by atoms with E-state index in [1.54, 1.807) is 11.8 Å². The molecule has 0 saturated carbocycles. The molecule has 0 bridgehead atoms. The second kappa shape index (κ2) is 5.47. The van der Waals surface area contributed by atoms with Crippen molar-refractivity contribution >= 4 is 27.5 Å². The molecule has 1 aromatic rings. The van der Waals surface area contributed by atoms with Crippen LogP contribution >= 0.6 is 11.8 Å². The molecule has 1 fully saturated rings. The number of phenolic OH excluding ortho intramolecular Hbond substituents is 1. The lowest BCUT2D eigenvalue weighted by Crippen LogP contribution is -2.46. The smallest absolute Gasteiger partial charge is 0.312 e. The fourth-order valence-corrected chi connectivity index (χ4v) is 5.07. The van der Waals surface area contributed by atoms with Gasteiger partial charge in [0, 0.05) is 29.7 Å². The molecule has 1 saturated heterocycles. The van der Waals surface area contributed by atoms with Gasteiger partial charge in [-0.05, 0) is 26.0 Å². The zero-order valence-electron chi connectivity index (χ0n) is 11.6. The van der Waals surface area contributed by atoms with Gasteiger partial charge in [0.2, 0.25) is 10.0 Å². The zero-order chi connectivity index (χ0) is 15.8. The van der Waals surface area contributed by atoms with E-state index >= 15 is 0 Å². The summed E-state index contributed by atoms with van der Waals surface area (Å²) in [6.07, 6.45) is 0. The van der Waals surface area contributed by atoms with E-state index in [1.807, 2.05) is 13.8 Å². The Labute approximate surface area is 127 Å². The summed E-state index contributed by atoms with van der Waals surface area (Å²) in [6, 6.07) is 3.13. The minimum Gasteiger partial charge on any atom is -0.502 e. The first-order chi connectivity index (χ1) is 9.63. The number of nitrogens with zero attached hydrogens (tertiary/aromatic N) is 2. The summed E-state index contributed by atoms with van der Waals surface area (Å²) < 4.78 is 26.3. The second-order valence-corrected chi connectivity index (χ2v) is 9.09. The number of phenols is 1. The summed E-state index contributed by atoms with van der Waals surface area (Å²) in [4.78, 5) is 9.84. The molecule has 0 amide bonds. The van der Waals surface area contributed by atoms with E-state index in [9.17, 15) is 23.6 Å². The van der Waals surface area contributed by atoms with Crippen molar-refractivity contribution in [2.75, 3.05) is 18.8 Å². The summed E-state index contributed by atoms with van der Waals surface area (Å²) in [7, 11) is -3.80. The van der Waals surface area contributed by atoms with Crippen molar-refractivity contribution in [3.63, 3.8) is 0 Å². The molecule has 7 nitrogen and oxygen atoms in total. The SMILES string of the molecule is CC1(C)CN(S(=O)(=O)c2ccc(O)c([N+](=O)[O-])c2)CCS1. The van der Waals surface area contributed by atoms with Crippen LogP contribution in [0.5, 0.6) is 5.75 Å². The molecule has 1 aromatic carbocycles. The normalized spacial score (nSPS) is 19.3. The van der Waals surface area contributed by atoms with Gasteiger partial charge < -0.3 is 5.11 Å². The molecular formula is C12H16N2O5S2. The number of nitro groups is 1. The van der Waals surface area contributed by atoms with Gasteiger partial charge in [-0.1, -0.05) is 0 Å². The molecule has 0 aromatic heterocycles. The van der Waals surface area contributed by atoms with E-state index < -0.39 is 26.4 Å². The average Bonchev–Trinajstić information content (AvgIpc) is 2.37. The highest BCUT2D eigenvalue weighted by Gasteiger charge is 2.35. The van der Waals surface area contributed by atoms with Crippen molar-refractivity contribution in [3.8, 4) is 5.75 Å². The van der Waals surface area contributed by atoms with E-state index in [4.69, 9.17) is 0 Å². The van der Waals surface area contributed by atoms with Crippen LogP contribution in [0.1, 0.15) is 13.8 Å². The van der Waals surface area contributed by atoms with Crippen LogP contribution < -0.4 is 0 Å². The Morgan fingerprint density at radius 2 is 2.10 bits per heavy atom. The second-order valence-electron chi connectivity index (χ2n) is 5.35. The lowest BCUT2D eigenvalue weighted by Gasteiger charge is -2.36. The van der Waals surface area contributed by atoms with Gasteiger partial charge in [0.05, 0.1) is 9.82 Å². The lowest BCUT2D eigenvalue weighted by atomic mass is 10.2. The summed E-state index contributed by atoms with van der Waals surface area (Å²) in [5.41, 5.74) is -0.610. The molecule has 0 atom stereocenters. The topological polar surface area (TPSA) is 101 Å². The molecule has 0 radical (unpaired) electrons. The Hall–Kier alpha value is -1.32. The maximum absolute atomic E-state index is 12.6. The predicted octanol–water partition coefficient (Wildman–Crippen LogP) is 1.82. The highest BCUT2D eigenvalue weighted by atomic mass is 32.2. The maximum Gasteiger partial charge on any atom is 0.312 e. The molecule has 1 heterocycles. The minimum atomic E-state index is -3.80. The Kier molecular flexibility index (Phi) is 4.18. The molecule has 21 heavy (non-hydrogen) atoms. The van der Waals surface area contributed by atoms with Gasteiger partial charge in [-0.3, -0.25) is 10.1 Å². The molecule has 1 aliphatic heterocycles. The van der Waals surface area contributed by atoms with Crippen LogP contribution in [0.2, 0.25) is 0 Å². The first kappa shape index (κ1) is 16.1. The van der Waals surface area contributed by atoms with Crippen LogP contribution in [0.15, 0.2) is 23.1 Å². The average molecular weight is 332 g/mol. The summed E-state index contributed by atoms with van der Waals surface area (Å²) in [5, 5.41) is 20.2. The molecule has 0 spiro atoms. The largest absolute Gasteiger partial charge is 0.502 e. The fourth-order valence-electron chi connectivity index (χ4n) is 2.14. The first-order valence-electron chi connectivity index (χ1n) is 6.25. The Morgan fingerprint density at radius 3 is 2.67 bits per heavy atom. The van der Waals surface area contributed by atoms with Gasteiger partial charge >= 0.3 is 5.69 Å². The quantitative estimate of drug-likeness (QED) is 0.669. The highest BCUT2D eigenvalue weighted by Crippen LogP contribution is 2.34. The number of hydrogen-bond acceptors (Lipinski definition) is 6. The molecule has 0 aliphatic carbocycles. The number of sulfonamides is 1. The van der Waals surface area contributed by atoms with Crippen LogP contribution in [0.4, 0.5) is 5.69 Å². The monoisotopic (exact) mass is 332 g/mol. The third-order valence-corrected chi connectivity index (χ3v) is 6.31. The molecule has 2 rings (SSSR count). The van der Waals surface area contributed by atoms with Crippen molar-refractivity contribution in [3.05, 3.63) is 28.3 Å². The van der Waals surface area contributed by atoms with Crippen LogP contribution in [-0.2, 0) is 10.0 Å². The minimum absolute atomic E-state index is 0.172. The number of benzene rings is 1. The van der Waals surface area contributed by atoms with Crippen molar-refractivity contribution in [1.29, 1.82) is 0 Å². The van der Waals surface area contributed by atoms with Crippen LogP contribution in [-0.4, -0.2) is 46.3 Å². The van der Waals surface area contributed by atoms with Crippen LogP contribution in [0.3, 0.4) is 0 Å². The molecule has 9 heteroatoms. The van der Waals surface area contributed by atoms with Crippen LogP contribution in [0, 0.1) is 10.1 Å².